The summed E-state index contributed by atoms with van der Waals surface area (Å²) >= 11 is 0. The van der Waals surface area contributed by atoms with Gasteiger partial charge < -0.3 is 15.7 Å². The molecule has 0 bridgehead atoms. The maximum Gasteiger partial charge on any atom is 0.416 e. The molecule has 8 nitrogen and oxygen atoms in total. The lowest BCUT2D eigenvalue weighted by atomic mass is 10.0. The predicted octanol–water partition coefficient (Wildman–Crippen LogP) is 4.96. The zero-order chi connectivity index (χ0) is 27.7. The van der Waals surface area contributed by atoms with Gasteiger partial charge in [0.15, 0.2) is 5.78 Å². The van der Waals surface area contributed by atoms with Crippen LogP contribution >= 0.6 is 0 Å². The Morgan fingerprint density at radius 1 is 1.11 bits per heavy atom. The first-order chi connectivity index (χ1) is 17.9. The van der Waals surface area contributed by atoms with Gasteiger partial charge in [0.25, 0.3) is 10.0 Å². The summed E-state index contributed by atoms with van der Waals surface area (Å²) < 4.78 is 81.3. The highest BCUT2D eigenvalue weighted by Crippen LogP contribution is 2.31. The van der Waals surface area contributed by atoms with E-state index < -0.39 is 43.8 Å². The molecule has 4 rings (SSSR count). The number of sulfonamides is 1. The minimum atomic E-state index is -4.75. The molecule has 0 saturated heterocycles. The molecule has 2 heterocycles. The maximum absolute atomic E-state index is 14.7. The van der Waals surface area contributed by atoms with Crippen molar-refractivity contribution in [3.63, 3.8) is 0 Å². The van der Waals surface area contributed by atoms with E-state index in [1.165, 1.54) is 12.4 Å². The lowest BCUT2D eigenvalue weighted by Gasteiger charge is -2.12. The van der Waals surface area contributed by atoms with E-state index in [1.54, 1.807) is 19.3 Å². The van der Waals surface area contributed by atoms with Crippen LogP contribution in [-0.4, -0.2) is 37.4 Å². The van der Waals surface area contributed by atoms with Crippen LogP contribution in [0.3, 0.4) is 0 Å². The van der Waals surface area contributed by atoms with Gasteiger partial charge >= 0.3 is 6.18 Å². The summed E-state index contributed by atoms with van der Waals surface area (Å²) in [6, 6.07) is 7.61. The Labute approximate surface area is 214 Å². The van der Waals surface area contributed by atoms with Crippen LogP contribution in [0.4, 0.5) is 23.2 Å². The second-order valence-electron chi connectivity index (χ2n) is 8.01. The Kier molecular flexibility index (Phi) is 7.05. The molecule has 0 saturated carbocycles. The van der Waals surface area contributed by atoms with E-state index in [2.05, 4.69) is 20.0 Å². The summed E-state index contributed by atoms with van der Waals surface area (Å²) in [7, 11) is -2.85. The van der Waals surface area contributed by atoms with E-state index in [0.717, 1.165) is 42.6 Å². The second-order valence-corrected chi connectivity index (χ2v) is 9.69. The Balaban J connectivity index is 1.70. The third-order valence-corrected chi connectivity index (χ3v) is 6.88. The topological polar surface area (TPSA) is 128 Å². The molecule has 0 atom stereocenters. The summed E-state index contributed by atoms with van der Waals surface area (Å²) in [6.07, 6.45) is 0.716. The van der Waals surface area contributed by atoms with E-state index >= 15 is 0 Å². The molecule has 0 radical (unpaired) electrons. The fraction of sp³-hybridized carbons (Fsp3) is 0.0800. The molecule has 2 aromatic carbocycles. The van der Waals surface area contributed by atoms with Crippen molar-refractivity contribution < 1.29 is 30.8 Å². The smallest absolute Gasteiger partial charge is 0.393 e. The number of anilines is 1. The second kappa shape index (κ2) is 10.1. The number of carbonyl (C=O) groups excluding carboxylic acids is 1. The van der Waals surface area contributed by atoms with Crippen LogP contribution in [-0.2, 0) is 16.2 Å². The molecule has 4 N–H and O–H groups in total. The van der Waals surface area contributed by atoms with E-state index in [-0.39, 0.29) is 11.3 Å². The van der Waals surface area contributed by atoms with Crippen molar-refractivity contribution in [2.24, 2.45) is 0 Å². The molecule has 0 aliphatic rings. The first-order valence-electron chi connectivity index (χ1n) is 10.8. The largest absolute Gasteiger partial charge is 0.416 e. The van der Waals surface area contributed by atoms with Gasteiger partial charge in [0.1, 0.15) is 11.5 Å². The van der Waals surface area contributed by atoms with Gasteiger partial charge in [-0.3, -0.25) is 9.52 Å². The number of alkyl halides is 3. The SMILES string of the molecule is CN/C=C(\C=N)c1cnc2[nH]cc(C(=O)c3cc(NS(=O)(=O)c4cccc(C(F)(F)F)c4)ccc3F)c2c1. The van der Waals surface area contributed by atoms with Crippen molar-refractivity contribution in [2.45, 2.75) is 11.1 Å². The summed E-state index contributed by atoms with van der Waals surface area (Å²) in [4.78, 5) is 19.7. The highest BCUT2D eigenvalue weighted by atomic mass is 32.2. The number of hydrogen-bond donors (Lipinski definition) is 4. The van der Waals surface area contributed by atoms with Crippen LogP contribution in [0.5, 0.6) is 0 Å². The number of aromatic nitrogens is 2. The third-order valence-electron chi connectivity index (χ3n) is 5.50. The molecule has 4 aromatic rings. The van der Waals surface area contributed by atoms with Crippen molar-refractivity contribution in [1.29, 1.82) is 5.41 Å². The van der Waals surface area contributed by atoms with Crippen LogP contribution in [0.2, 0.25) is 0 Å². The third kappa shape index (κ3) is 5.27. The highest BCUT2D eigenvalue weighted by molar-refractivity contribution is 7.92. The van der Waals surface area contributed by atoms with Crippen LogP contribution in [0.25, 0.3) is 16.6 Å². The lowest BCUT2D eigenvalue weighted by Crippen LogP contribution is -2.15. The van der Waals surface area contributed by atoms with Crippen molar-refractivity contribution in [3.8, 4) is 0 Å². The molecule has 13 heteroatoms. The Hall–Kier alpha value is -4.52. The van der Waals surface area contributed by atoms with Crippen LogP contribution in [0, 0.1) is 11.2 Å². The first kappa shape index (κ1) is 26.5. The molecule has 0 fully saturated rings. The quantitative estimate of drug-likeness (QED) is 0.141. The van der Waals surface area contributed by atoms with Crippen molar-refractivity contribution in [2.75, 3.05) is 11.8 Å². The number of ketones is 1. The molecule has 0 unspecified atom stereocenters. The van der Waals surface area contributed by atoms with E-state index in [4.69, 9.17) is 5.41 Å². The van der Waals surface area contributed by atoms with Crippen LogP contribution in [0.1, 0.15) is 27.0 Å². The number of carbonyl (C=O) groups is 1. The number of fused-ring (bicyclic) bond motifs is 1. The van der Waals surface area contributed by atoms with Gasteiger partial charge in [-0.2, -0.15) is 13.2 Å². The average Bonchev–Trinajstić information content (AvgIpc) is 3.30. The summed E-state index contributed by atoms with van der Waals surface area (Å²) in [5, 5.41) is 10.7. The predicted molar refractivity (Wildman–Crippen MR) is 134 cm³/mol. The molecule has 0 aliphatic carbocycles. The number of allylic oxidation sites excluding steroid dienone is 1. The minimum absolute atomic E-state index is 0.0416. The van der Waals surface area contributed by atoms with E-state index in [9.17, 15) is 30.8 Å². The Morgan fingerprint density at radius 2 is 1.87 bits per heavy atom. The number of rotatable bonds is 8. The number of nitrogens with zero attached hydrogens (tertiary/aromatic N) is 1. The molecular formula is C25H19F4N5O3S. The maximum atomic E-state index is 14.7. The highest BCUT2D eigenvalue weighted by Gasteiger charge is 2.31. The van der Waals surface area contributed by atoms with Gasteiger partial charge in [-0.05, 0) is 42.5 Å². The number of hydrogen-bond acceptors (Lipinski definition) is 6. The molecule has 2 aromatic heterocycles. The summed E-state index contributed by atoms with van der Waals surface area (Å²) in [5.74, 6) is -1.73. The monoisotopic (exact) mass is 545 g/mol. The van der Waals surface area contributed by atoms with Gasteiger partial charge in [0, 0.05) is 59.6 Å². The minimum Gasteiger partial charge on any atom is -0.393 e. The van der Waals surface area contributed by atoms with E-state index in [0.29, 0.717) is 28.2 Å². The van der Waals surface area contributed by atoms with Crippen LogP contribution < -0.4 is 10.0 Å². The van der Waals surface area contributed by atoms with Gasteiger partial charge in [-0.15, -0.1) is 0 Å². The molecule has 0 amide bonds. The lowest BCUT2D eigenvalue weighted by molar-refractivity contribution is -0.137. The molecular weight excluding hydrogens is 526 g/mol. The first-order valence-corrected chi connectivity index (χ1v) is 12.3. The standard InChI is InChI=1S/C25H19F4N5O3S/c1-31-11-15(10-30)14-7-19-21(13-33-24(19)32-12-14)23(35)20-9-17(5-6-22(20)26)34-38(36,37)18-4-2-3-16(8-18)25(27,28)29/h2-13,30-31,34H,1H3,(H,32,33)/b15-11+,30-10?. The molecule has 0 aliphatic heterocycles. The summed E-state index contributed by atoms with van der Waals surface area (Å²) in [5.41, 5.74) is -0.504. The molecule has 0 spiro atoms. The zero-order valence-corrected chi connectivity index (χ0v) is 20.3. The van der Waals surface area contributed by atoms with Gasteiger partial charge in [0.05, 0.1) is 16.0 Å². The number of pyridine rings is 1. The normalized spacial score (nSPS) is 12.4. The number of nitrogens with one attached hydrogen (secondary N) is 4. The number of aromatic amines is 1. The summed E-state index contributed by atoms with van der Waals surface area (Å²) in [6.45, 7) is 0. The van der Waals surface area contributed by atoms with Crippen molar-refractivity contribution in [3.05, 3.63) is 95.2 Å². The van der Waals surface area contributed by atoms with E-state index in [1.807, 2.05) is 0 Å². The zero-order valence-electron chi connectivity index (χ0n) is 19.5. The number of halogens is 4. The Morgan fingerprint density at radius 3 is 2.55 bits per heavy atom. The van der Waals surface area contributed by atoms with Crippen molar-refractivity contribution >= 4 is 44.3 Å². The fourth-order valence-corrected chi connectivity index (χ4v) is 4.77. The number of benzene rings is 2. The Bertz CT molecular complexity index is 1690. The fourth-order valence-electron chi connectivity index (χ4n) is 3.67. The van der Waals surface area contributed by atoms with Crippen molar-refractivity contribution in [1.82, 2.24) is 15.3 Å². The van der Waals surface area contributed by atoms with Gasteiger partial charge in [-0.25, -0.2) is 17.8 Å². The number of H-pyrrole nitrogens is 1. The molecule has 38 heavy (non-hydrogen) atoms. The molecule has 196 valence electrons. The average molecular weight is 546 g/mol. The van der Waals surface area contributed by atoms with Gasteiger partial charge in [0.2, 0.25) is 0 Å². The van der Waals surface area contributed by atoms with Gasteiger partial charge in [-0.1, -0.05) is 6.07 Å². The van der Waals surface area contributed by atoms with Crippen LogP contribution in [0.15, 0.2) is 72.0 Å².